The molecule has 0 bridgehead atoms. The Bertz CT molecular complexity index is 1120. The van der Waals surface area contributed by atoms with Crippen LogP contribution in [-0.4, -0.2) is 40.4 Å². The Labute approximate surface area is 184 Å². The number of aryl methyl sites for hydroxylation is 1. The summed E-state index contributed by atoms with van der Waals surface area (Å²) >= 11 is 7.58. The van der Waals surface area contributed by atoms with E-state index >= 15 is 0 Å². The zero-order valence-corrected chi connectivity index (χ0v) is 19.2. The first-order valence-corrected chi connectivity index (χ1v) is 12.6. The molecule has 1 amide bonds. The van der Waals surface area contributed by atoms with Crippen LogP contribution in [0.1, 0.15) is 53.6 Å². The van der Waals surface area contributed by atoms with Crippen molar-refractivity contribution in [2.75, 3.05) is 11.1 Å². The lowest BCUT2D eigenvalue weighted by molar-refractivity contribution is 0.103. The van der Waals surface area contributed by atoms with E-state index in [2.05, 4.69) is 15.7 Å². The van der Waals surface area contributed by atoms with Gasteiger partial charge in [-0.3, -0.25) is 14.9 Å². The van der Waals surface area contributed by atoms with Gasteiger partial charge in [-0.2, -0.15) is 5.10 Å². The lowest BCUT2D eigenvalue weighted by Gasteiger charge is -2.47. The molecule has 1 atom stereocenters. The number of anilines is 1. The molecule has 3 N–H and O–H groups in total. The molecule has 3 heterocycles. The first-order valence-electron chi connectivity index (χ1n) is 9.77. The molecule has 0 aromatic carbocycles. The van der Waals surface area contributed by atoms with Crippen molar-refractivity contribution in [1.29, 1.82) is 5.41 Å². The number of amidine groups is 1. The van der Waals surface area contributed by atoms with Gasteiger partial charge in [0.15, 0.2) is 15.7 Å². The number of carbonyl (C=O) groups excluding carboxylic acids is 1. The Morgan fingerprint density at radius 1 is 1.37 bits per heavy atom. The summed E-state index contributed by atoms with van der Waals surface area (Å²) in [5, 5.41) is 18.9. The normalized spacial score (nSPS) is 25.1. The Kier molecular flexibility index (Phi) is 5.22. The van der Waals surface area contributed by atoms with Crippen LogP contribution in [0.3, 0.4) is 0 Å². The average molecular weight is 470 g/mol. The molecule has 1 aliphatic carbocycles. The minimum Gasteiger partial charge on any atom is -0.362 e. The Morgan fingerprint density at radius 3 is 2.67 bits per heavy atom. The molecule has 1 saturated carbocycles. The molecule has 1 aliphatic heterocycles. The highest BCUT2D eigenvalue weighted by Gasteiger charge is 2.56. The lowest BCUT2D eigenvalue weighted by atomic mass is 9.86. The van der Waals surface area contributed by atoms with Crippen LogP contribution in [0.5, 0.6) is 0 Å². The topological polar surface area (TPSA) is 117 Å². The van der Waals surface area contributed by atoms with Crippen LogP contribution >= 0.6 is 22.9 Å². The van der Waals surface area contributed by atoms with E-state index in [4.69, 9.17) is 17.0 Å². The summed E-state index contributed by atoms with van der Waals surface area (Å²) in [5.74, 6) is -0.0730. The first kappa shape index (κ1) is 21.3. The van der Waals surface area contributed by atoms with Gasteiger partial charge in [-0.25, -0.2) is 8.42 Å². The number of hydrogen-bond acceptors (Lipinski definition) is 6. The Balaban J connectivity index is 1.62. The molecule has 162 valence electrons. The molecular weight excluding hydrogens is 446 g/mol. The fraction of sp³-hybridized carbons (Fsp3) is 0.526. The fourth-order valence-corrected chi connectivity index (χ4v) is 8.58. The Morgan fingerprint density at radius 2 is 2.07 bits per heavy atom. The number of nitrogens with zero attached hydrogens (tertiary/aromatic N) is 2. The zero-order chi connectivity index (χ0) is 21.7. The van der Waals surface area contributed by atoms with Crippen molar-refractivity contribution in [3.8, 4) is 0 Å². The smallest absolute Gasteiger partial charge is 0.266 e. The summed E-state index contributed by atoms with van der Waals surface area (Å²) in [7, 11) is -1.83. The molecule has 2 aliphatic rings. The summed E-state index contributed by atoms with van der Waals surface area (Å²) < 4.78 is 27.1. The van der Waals surface area contributed by atoms with Crippen LogP contribution < -0.4 is 10.6 Å². The number of halogens is 1. The number of amides is 1. The van der Waals surface area contributed by atoms with Crippen molar-refractivity contribution in [2.24, 2.45) is 7.05 Å². The van der Waals surface area contributed by atoms with Crippen molar-refractivity contribution < 1.29 is 13.2 Å². The zero-order valence-electron chi connectivity index (χ0n) is 16.8. The maximum Gasteiger partial charge on any atom is 0.266 e. The number of rotatable bonds is 3. The van der Waals surface area contributed by atoms with Gasteiger partial charge in [-0.1, -0.05) is 30.9 Å². The fourth-order valence-electron chi connectivity index (χ4n) is 4.42. The number of thiophene rings is 1. The van der Waals surface area contributed by atoms with Gasteiger partial charge < -0.3 is 10.6 Å². The lowest BCUT2D eigenvalue weighted by Crippen LogP contribution is -2.66. The van der Waals surface area contributed by atoms with Gasteiger partial charge in [-0.05, 0) is 25.8 Å². The predicted octanol–water partition coefficient (Wildman–Crippen LogP) is 3.30. The van der Waals surface area contributed by atoms with Gasteiger partial charge in [0.05, 0.1) is 26.1 Å². The third-order valence-electron chi connectivity index (χ3n) is 5.96. The second kappa shape index (κ2) is 7.35. The van der Waals surface area contributed by atoms with Crippen LogP contribution in [0.2, 0.25) is 5.02 Å². The van der Waals surface area contributed by atoms with Crippen molar-refractivity contribution in [1.82, 2.24) is 15.1 Å². The van der Waals surface area contributed by atoms with E-state index in [0.29, 0.717) is 33.4 Å². The van der Waals surface area contributed by atoms with Crippen molar-refractivity contribution >= 4 is 50.3 Å². The SMILES string of the molecule is Cn1ccc(NC(=O)c2cc(Cl)c([C@]3(C)CS(=O)(=O)C4(CCCCC4)C(=N)N3)s2)n1. The van der Waals surface area contributed by atoms with Crippen molar-refractivity contribution in [3.05, 3.63) is 33.1 Å². The number of aromatic nitrogens is 2. The van der Waals surface area contributed by atoms with Crippen LogP contribution in [0, 0.1) is 5.41 Å². The van der Waals surface area contributed by atoms with Crippen LogP contribution in [0.4, 0.5) is 5.82 Å². The monoisotopic (exact) mass is 469 g/mol. The molecule has 1 spiro atoms. The van der Waals surface area contributed by atoms with Gasteiger partial charge in [0.25, 0.3) is 5.91 Å². The first-order chi connectivity index (χ1) is 14.1. The summed E-state index contributed by atoms with van der Waals surface area (Å²) in [6.45, 7) is 1.73. The standard InChI is InChI=1S/C19H24ClN5O3S2/c1-18(11-30(27,28)19(17(21)23-18)7-4-3-5-8-19)15-12(20)10-13(29-15)16(26)22-14-6-9-25(2)24-14/h6,9-10H,3-5,7-8,11H2,1-2H3,(H2,21,23)(H,22,24,26)/t18-/m0/s1. The third kappa shape index (κ3) is 3.44. The highest BCUT2D eigenvalue weighted by Crippen LogP contribution is 2.45. The number of carbonyl (C=O) groups is 1. The summed E-state index contributed by atoms with van der Waals surface area (Å²) in [6.07, 6.45) is 5.27. The molecule has 11 heteroatoms. The van der Waals surface area contributed by atoms with E-state index in [1.165, 1.54) is 6.07 Å². The van der Waals surface area contributed by atoms with Gasteiger partial charge in [0.1, 0.15) is 10.6 Å². The minimum atomic E-state index is -3.58. The molecule has 30 heavy (non-hydrogen) atoms. The van der Waals surface area contributed by atoms with Gasteiger partial charge in [0.2, 0.25) is 0 Å². The van der Waals surface area contributed by atoms with Crippen LogP contribution in [-0.2, 0) is 22.4 Å². The van der Waals surface area contributed by atoms with Gasteiger partial charge in [0, 0.05) is 19.3 Å². The summed E-state index contributed by atoms with van der Waals surface area (Å²) in [5.41, 5.74) is -1.07. The van der Waals surface area contributed by atoms with Crippen LogP contribution in [0.25, 0.3) is 0 Å². The van der Waals surface area contributed by atoms with E-state index in [9.17, 15) is 13.2 Å². The largest absolute Gasteiger partial charge is 0.362 e. The molecule has 4 rings (SSSR count). The van der Waals surface area contributed by atoms with E-state index < -0.39 is 20.1 Å². The quantitative estimate of drug-likeness (QED) is 0.637. The molecule has 2 aromatic rings. The molecule has 0 unspecified atom stereocenters. The number of sulfone groups is 1. The molecular formula is C19H24ClN5O3S2. The van der Waals surface area contributed by atoms with E-state index in [1.54, 1.807) is 30.9 Å². The van der Waals surface area contributed by atoms with E-state index in [0.717, 1.165) is 30.6 Å². The minimum absolute atomic E-state index is 0.0416. The average Bonchev–Trinajstić information content (AvgIpc) is 3.26. The van der Waals surface area contributed by atoms with Crippen LogP contribution in [0.15, 0.2) is 18.3 Å². The van der Waals surface area contributed by atoms with E-state index in [1.807, 2.05) is 0 Å². The summed E-state index contributed by atoms with van der Waals surface area (Å²) in [6, 6.07) is 3.21. The van der Waals surface area contributed by atoms with Gasteiger partial charge >= 0.3 is 0 Å². The molecule has 0 radical (unpaired) electrons. The second-order valence-electron chi connectivity index (χ2n) is 8.26. The van der Waals surface area contributed by atoms with E-state index in [-0.39, 0.29) is 17.5 Å². The molecule has 1 saturated heterocycles. The predicted molar refractivity (Wildman–Crippen MR) is 118 cm³/mol. The van der Waals surface area contributed by atoms with Crippen molar-refractivity contribution in [3.63, 3.8) is 0 Å². The molecule has 2 aromatic heterocycles. The number of hydrogen-bond donors (Lipinski definition) is 3. The third-order valence-corrected chi connectivity index (χ3v) is 10.5. The number of nitrogens with one attached hydrogen (secondary N) is 3. The maximum atomic E-state index is 13.3. The highest BCUT2D eigenvalue weighted by molar-refractivity contribution is 7.93. The highest BCUT2D eigenvalue weighted by atomic mass is 35.5. The van der Waals surface area contributed by atoms with Crippen molar-refractivity contribution in [2.45, 2.75) is 49.3 Å². The second-order valence-corrected chi connectivity index (χ2v) is 12.0. The molecule has 8 nitrogen and oxygen atoms in total. The molecule has 2 fully saturated rings. The maximum absolute atomic E-state index is 13.3. The van der Waals surface area contributed by atoms with Gasteiger partial charge in [-0.15, -0.1) is 11.3 Å². The Hall–Kier alpha value is -1.91. The summed E-state index contributed by atoms with van der Waals surface area (Å²) in [4.78, 5) is 13.5.